The molecule has 0 aliphatic heterocycles. The van der Waals surface area contributed by atoms with Gasteiger partial charge < -0.3 is 14.6 Å². The van der Waals surface area contributed by atoms with E-state index >= 15 is 0 Å². The summed E-state index contributed by atoms with van der Waals surface area (Å²) in [5.74, 6) is 0.325. The molecule has 3 rings (SSSR count). The molecule has 0 unspecified atom stereocenters. The van der Waals surface area contributed by atoms with Crippen molar-refractivity contribution in [3.05, 3.63) is 59.8 Å². The standard InChI is InChI=1S/C18H17N3O4/c1-24-14-7-3-12(4-8-14)11-21-17(16(18(22)23)19-20-21)13-5-9-15(25-2)10-6-13/h3-10H,11H2,1-2H3,(H,22,23). The second-order valence-corrected chi connectivity index (χ2v) is 5.33. The Balaban J connectivity index is 1.99. The number of nitrogens with zero attached hydrogens (tertiary/aromatic N) is 3. The van der Waals surface area contributed by atoms with Crippen LogP contribution in [0.15, 0.2) is 48.5 Å². The van der Waals surface area contributed by atoms with E-state index < -0.39 is 5.97 Å². The van der Waals surface area contributed by atoms with Crippen molar-refractivity contribution in [3.63, 3.8) is 0 Å². The van der Waals surface area contributed by atoms with Gasteiger partial charge in [0.1, 0.15) is 17.2 Å². The van der Waals surface area contributed by atoms with E-state index in [0.717, 1.165) is 11.3 Å². The van der Waals surface area contributed by atoms with Crippen molar-refractivity contribution in [1.82, 2.24) is 15.0 Å². The van der Waals surface area contributed by atoms with E-state index in [0.29, 0.717) is 23.6 Å². The van der Waals surface area contributed by atoms with Crippen LogP contribution in [0.5, 0.6) is 11.5 Å². The summed E-state index contributed by atoms with van der Waals surface area (Å²) in [6.45, 7) is 0.394. The minimum atomic E-state index is -1.12. The van der Waals surface area contributed by atoms with Crippen molar-refractivity contribution < 1.29 is 19.4 Å². The van der Waals surface area contributed by atoms with Crippen molar-refractivity contribution in [2.24, 2.45) is 0 Å². The molecule has 7 nitrogen and oxygen atoms in total. The summed E-state index contributed by atoms with van der Waals surface area (Å²) in [6, 6.07) is 14.6. The first-order chi connectivity index (χ1) is 12.1. The lowest BCUT2D eigenvalue weighted by Crippen LogP contribution is -2.06. The molecule has 0 spiro atoms. The fourth-order valence-corrected chi connectivity index (χ4v) is 2.51. The van der Waals surface area contributed by atoms with Crippen LogP contribution in [0, 0.1) is 0 Å². The van der Waals surface area contributed by atoms with Gasteiger partial charge in [0.2, 0.25) is 0 Å². The number of aromatic nitrogens is 3. The molecule has 1 heterocycles. The lowest BCUT2D eigenvalue weighted by molar-refractivity contribution is 0.0691. The number of carboxylic acids is 1. The maximum atomic E-state index is 11.5. The smallest absolute Gasteiger partial charge is 0.358 e. The van der Waals surface area contributed by atoms with Gasteiger partial charge >= 0.3 is 5.97 Å². The highest BCUT2D eigenvalue weighted by Gasteiger charge is 2.20. The molecule has 0 bridgehead atoms. The average Bonchev–Trinajstić information content (AvgIpc) is 3.06. The van der Waals surface area contributed by atoms with E-state index in [1.807, 2.05) is 24.3 Å². The van der Waals surface area contributed by atoms with Gasteiger partial charge in [-0.05, 0) is 42.0 Å². The monoisotopic (exact) mass is 339 g/mol. The number of aromatic carboxylic acids is 1. The van der Waals surface area contributed by atoms with Gasteiger partial charge in [-0.1, -0.05) is 17.3 Å². The average molecular weight is 339 g/mol. The Bertz CT molecular complexity index is 870. The molecule has 0 atom stereocenters. The highest BCUT2D eigenvalue weighted by molar-refractivity contribution is 5.92. The molecule has 0 aliphatic carbocycles. The zero-order chi connectivity index (χ0) is 17.8. The molecule has 0 amide bonds. The molecule has 0 radical (unpaired) electrons. The Kier molecular flexibility index (Phi) is 4.65. The quantitative estimate of drug-likeness (QED) is 0.743. The summed E-state index contributed by atoms with van der Waals surface area (Å²) in [4.78, 5) is 11.5. The number of rotatable bonds is 6. The molecule has 3 aromatic rings. The summed E-state index contributed by atoms with van der Waals surface area (Å²) in [5, 5.41) is 17.3. The van der Waals surface area contributed by atoms with E-state index in [1.165, 1.54) is 0 Å². The molecule has 2 aromatic carbocycles. The van der Waals surface area contributed by atoms with Crippen molar-refractivity contribution in [3.8, 4) is 22.8 Å². The predicted molar refractivity (Wildman–Crippen MR) is 91.1 cm³/mol. The van der Waals surface area contributed by atoms with Gasteiger partial charge in [0.25, 0.3) is 0 Å². The minimum Gasteiger partial charge on any atom is -0.497 e. The van der Waals surface area contributed by atoms with Crippen LogP contribution in [-0.2, 0) is 6.54 Å². The van der Waals surface area contributed by atoms with Gasteiger partial charge in [-0.2, -0.15) is 0 Å². The van der Waals surface area contributed by atoms with Gasteiger partial charge in [-0.15, -0.1) is 5.10 Å². The number of benzene rings is 2. The summed E-state index contributed by atoms with van der Waals surface area (Å²) in [7, 11) is 3.18. The third kappa shape index (κ3) is 3.45. The van der Waals surface area contributed by atoms with Crippen molar-refractivity contribution >= 4 is 5.97 Å². The highest BCUT2D eigenvalue weighted by atomic mass is 16.5. The van der Waals surface area contributed by atoms with E-state index in [4.69, 9.17) is 9.47 Å². The van der Waals surface area contributed by atoms with Crippen LogP contribution in [0.4, 0.5) is 0 Å². The van der Waals surface area contributed by atoms with Gasteiger partial charge in [-0.3, -0.25) is 0 Å². The van der Waals surface area contributed by atoms with Gasteiger partial charge in [-0.25, -0.2) is 9.48 Å². The normalized spacial score (nSPS) is 10.5. The Hall–Kier alpha value is -3.35. The second-order valence-electron chi connectivity index (χ2n) is 5.33. The van der Waals surface area contributed by atoms with E-state index in [-0.39, 0.29) is 5.69 Å². The summed E-state index contributed by atoms with van der Waals surface area (Å²) >= 11 is 0. The first-order valence-electron chi connectivity index (χ1n) is 7.56. The van der Waals surface area contributed by atoms with Crippen LogP contribution in [0.2, 0.25) is 0 Å². The summed E-state index contributed by atoms with van der Waals surface area (Å²) < 4.78 is 11.9. The van der Waals surface area contributed by atoms with Gasteiger partial charge in [0.05, 0.1) is 20.8 Å². The molecule has 25 heavy (non-hydrogen) atoms. The number of hydrogen-bond acceptors (Lipinski definition) is 5. The van der Waals surface area contributed by atoms with Crippen molar-refractivity contribution in [2.45, 2.75) is 6.54 Å². The SMILES string of the molecule is COc1ccc(Cn2nnc(C(=O)O)c2-c2ccc(OC)cc2)cc1. The molecule has 7 heteroatoms. The molecular weight excluding hydrogens is 322 g/mol. The van der Waals surface area contributed by atoms with Crippen molar-refractivity contribution in [2.75, 3.05) is 14.2 Å². The predicted octanol–water partition coefficient (Wildman–Crippen LogP) is 2.71. The molecule has 128 valence electrons. The fourth-order valence-electron chi connectivity index (χ4n) is 2.51. The van der Waals surface area contributed by atoms with Crippen LogP contribution in [0.3, 0.4) is 0 Å². The zero-order valence-electron chi connectivity index (χ0n) is 13.8. The number of carboxylic acid groups (broad SMARTS) is 1. The Labute approximate surface area is 144 Å². The van der Waals surface area contributed by atoms with E-state index in [1.54, 1.807) is 43.2 Å². The third-order valence-corrected chi connectivity index (χ3v) is 3.79. The number of carbonyl (C=O) groups is 1. The first kappa shape index (κ1) is 16.5. The van der Waals surface area contributed by atoms with Gasteiger partial charge in [0.15, 0.2) is 5.69 Å². The fraction of sp³-hybridized carbons (Fsp3) is 0.167. The Morgan fingerprint density at radius 3 is 2.08 bits per heavy atom. The lowest BCUT2D eigenvalue weighted by atomic mass is 10.1. The molecule has 1 N–H and O–H groups in total. The number of methoxy groups -OCH3 is 2. The highest BCUT2D eigenvalue weighted by Crippen LogP contribution is 2.25. The van der Waals surface area contributed by atoms with Crippen LogP contribution in [0.25, 0.3) is 11.3 Å². The molecule has 0 saturated carbocycles. The van der Waals surface area contributed by atoms with Crippen LogP contribution < -0.4 is 9.47 Å². The second kappa shape index (κ2) is 7.04. The first-order valence-corrected chi connectivity index (χ1v) is 7.56. The van der Waals surface area contributed by atoms with Crippen LogP contribution >= 0.6 is 0 Å². The molecule has 1 aromatic heterocycles. The maximum Gasteiger partial charge on any atom is 0.358 e. The van der Waals surface area contributed by atoms with Gasteiger partial charge in [0, 0.05) is 5.56 Å². The lowest BCUT2D eigenvalue weighted by Gasteiger charge is -2.09. The van der Waals surface area contributed by atoms with E-state index in [2.05, 4.69) is 10.3 Å². The molecular formula is C18H17N3O4. The maximum absolute atomic E-state index is 11.5. The van der Waals surface area contributed by atoms with Crippen molar-refractivity contribution in [1.29, 1.82) is 0 Å². The number of ether oxygens (including phenoxy) is 2. The molecule has 0 aliphatic rings. The zero-order valence-corrected chi connectivity index (χ0v) is 13.8. The largest absolute Gasteiger partial charge is 0.497 e. The summed E-state index contributed by atoms with van der Waals surface area (Å²) in [6.07, 6.45) is 0. The Morgan fingerprint density at radius 1 is 1.00 bits per heavy atom. The third-order valence-electron chi connectivity index (χ3n) is 3.79. The van der Waals surface area contributed by atoms with Crippen LogP contribution in [0.1, 0.15) is 16.1 Å². The topological polar surface area (TPSA) is 86.5 Å². The molecule has 0 fully saturated rings. The minimum absolute atomic E-state index is 0.0846. The summed E-state index contributed by atoms with van der Waals surface area (Å²) in [5.41, 5.74) is 2.03. The van der Waals surface area contributed by atoms with Crippen LogP contribution in [-0.4, -0.2) is 40.3 Å². The molecule has 0 saturated heterocycles. The number of hydrogen-bond donors (Lipinski definition) is 1. The van der Waals surface area contributed by atoms with E-state index in [9.17, 15) is 9.90 Å². The Morgan fingerprint density at radius 2 is 1.56 bits per heavy atom.